The summed E-state index contributed by atoms with van der Waals surface area (Å²) in [5.74, 6) is -0.275. The van der Waals surface area contributed by atoms with E-state index < -0.39 is 5.95 Å². The summed E-state index contributed by atoms with van der Waals surface area (Å²) in [6.07, 6.45) is 0. The first-order chi connectivity index (χ1) is 7.83. The molecule has 0 aromatic carbocycles. The Kier molecular flexibility index (Phi) is 6.44. The molecular weight excluding hydrogens is 213 g/mol. The van der Waals surface area contributed by atoms with Crippen molar-refractivity contribution in [3.63, 3.8) is 0 Å². The van der Waals surface area contributed by atoms with E-state index in [1.165, 1.54) is 6.07 Å². The van der Waals surface area contributed by atoms with Gasteiger partial charge in [-0.25, -0.2) is 0 Å². The Labute approximate surface area is 94.3 Å². The van der Waals surface area contributed by atoms with Crippen LogP contribution in [-0.2, 0) is 9.47 Å². The second-order valence-electron chi connectivity index (χ2n) is 2.96. The first kappa shape index (κ1) is 12.9. The number of halogens is 1. The molecule has 0 bridgehead atoms. The fourth-order valence-electron chi connectivity index (χ4n) is 1.04. The van der Waals surface area contributed by atoms with Gasteiger partial charge in [-0.15, -0.1) is 0 Å². The molecule has 0 amide bonds. The van der Waals surface area contributed by atoms with Gasteiger partial charge in [0.15, 0.2) is 0 Å². The molecule has 90 valence electrons. The number of pyridine rings is 1. The van der Waals surface area contributed by atoms with E-state index in [9.17, 15) is 4.39 Å². The monoisotopic (exact) mass is 229 g/mol. The van der Waals surface area contributed by atoms with Crippen molar-refractivity contribution in [2.24, 2.45) is 0 Å². The van der Waals surface area contributed by atoms with Gasteiger partial charge >= 0.3 is 0 Å². The van der Waals surface area contributed by atoms with Crippen LogP contribution in [-0.4, -0.2) is 38.0 Å². The molecule has 0 aliphatic heterocycles. The van der Waals surface area contributed by atoms with Crippen LogP contribution in [0.5, 0.6) is 5.88 Å². The first-order valence-corrected chi connectivity index (χ1v) is 5.23. The number of rotatable bonds is 8. The molecule has 0 radical (unpaired) electrons. The Balaban J connectivity index is 2.03. The minimum Gasteiger partial charge on any atom is -0.475 e. The molecular formula is C11H16FNO3. The van der Waals surface area contributed by atoms with Gasteiger partial charge in [0, 0.05) is 12.7 Å². The highest BCUT2D eigenvalue weighted by Crippen LogP contribution is 2.05. The Morgan fingerprint density at radius 3 is 2.62 bits per heavy atom. The van der Waals surface area contributed by atoms with Gasteiger partial charge in [0.1, 0.15) is 6.61 Å². The molecule has 1 heterocycles. The molecule has 0 saturated carbocycles. The van der Waals surface area contributed by atoms with Crippen molar-refractivity contribution in [2.75, 3.05) is 33.0 Å². The molecule has 4 nitrogen and oxygen atoms in total. The number of aromatic nitrogens is 1. The van der Waals surface area contributed by atoms with E-state index in [0.29, 0.717) is 33.0 Å². The molecule has 0 N–H and O–H groups in total. The van der Waals surface area contributed by atoms with Crippen LogP contribution < -0.4 is 4.74 Å². The van der Waals surface area contributed by atoms with Gasteiger partial charge in [0.25, 0.3) is 0 Å². The minimum absolute atomic E-state index is 0.272. The topological polar surface area (TPSA) is 40.6 Å². The standard InChI is InChI=1S/C11H16FNO3/c1-2-14-6-7-15-8-9-16-11-5-3-4-10(12)13-11/h3-5H,2,6-9H2,1H3. The molecule has 0 unspecified atom stereocenters. The summed E-state index contributed by atoms with van der Waals surface area (Å²) in [6.45, 7) is 4.52. The van der Waals surface area contributed by atoms with Gasteiger partial charge in [-0.1, -0.05) is 6.07 Å². The Hall–Kier alpha value is -1.20. The van der Waals surface area contributed by atoms with Gasteiger partial charge < -0.3 is 14.2 Å². The molecule has 1 aromatic heterocycles. The third-order valence-electron chi connectivity index (χ3n) is 1.74. The average molecular weight is 229 g/mol. The van der Waals surface area contributed by atoms with E-state index in [1.54, 1.807) is 12.1 Å². The zero-order valence-corrected chi connectivity index (χ0v) is 9.32. The lowest BCUT2D eigenvalue weighted by atomic mass is 10.5. The molecule has 1 aromatic rings. The minimum atomic E-state index is -0.547. The maximum absolute atomic E-state index is 12.6. The number of hydrogen-bond acceptors (Lipinski definition) is 4. The maximum atomic E-state index is 12.6. The van der Waals surface area contributed by atoms with Crippen LogP contribution in [0.3, 0.4) is 0 Å². The summed E-state index contributed by atoms with van der Waals surface area (Å²) in [5, 5.41) is 0. The Bertz CT molecular complexity index is 296. The van der Waals surface area contributed by atoms with Crippen LogP contribution >= 0.6 is 0 Å². The molecule has 0 spiro atoms. The molecule has 0 saturated heterocycles. The third kappa shape index (κ3) is 5.63. The van der Waals surface area contributed by atoms with Crippen molar-refractivity contribution in [2.45, 2.75) is 6.92 Å². The van der Waals surface area contributed by atoms with E-state index in [2.05, 4.69) is 4.98 Å². The van der Waals surface area contributed by atoms with E-state index in [1.807, 2.05) is 6.92 Å². The fraction of sp³-hybridized carbons (Fsp3) is 0.545. The summed E-state index contributed by atoms with van der Waals surface area (Å²) in [7, 11) is 0. The summed E-state index contributed by atoms with van der Waals surface area (Å²) < 4.78 is 28.1. The van der Waals surface area contributed by atoms with Crippen molar-refractivity contribution in [3.8, 4) is 5.88 Å². The van der Waals surface area contributed by atoms with Crippen LogP contribution in [0.2, 0.25) is 0 Å². The molecule has 5 heteroatoms. The van der Waals surface area contributed by atoms with Crippen molar-refractivity contribution < 1.29 is 18.6 Å². The largest absolute Gasteiger partial charge is 0.475 e. The lowest BCUT2D eigenvalue weighted by Crippen LogP contribution is -2.11. The lowest BCUT2D eigenvalue weighted by Gasteiger charge is -2.06. The van der Waals surface area contributed by atoms with E-state index in [0.717, 1.165) is 0 Å². The van der Waals surface area contributed by atoms with Gasteiger partial charge in [-0.05, 0) is 13.0 Å². The zero-order chi connectivity index (χ0) is 11.6. The number of hydrogen-bond donors (Lipinski definition) is 0. The van der Waals surface area contributed by atoms with Crippen LogP contribution in [0.1, 0.15) is 6.92 Å². The van der Waals surface area contributed by atoms with E-state index >= 15 is 0 Å². The van der Waals surface area contributed by atoms with Crippen LogP contribution in [0, 0.1) is 5.95 Å². The van der Waals surface area contributed by atoms with E-state index in [-0.39, 0.29) is 5.88 Å². The Morgan fingerprint density at radius 2 is 1.88 bits per heavy atom. The SMILES string of the molecule is CCOCCOCCOc1cccc(F)n1. The van der Waals surface area contributed by atoms with Crippen LogP contribution in [0.4, 0.5) is 4.39 Å². The summed E-state index contributed by atoms with van der Waals surface area (Å²) in [5.41, 5.74) is 0. The van der Waals surface area contributed by atoms with E-state index in [4.69, 9.17) is 14.2 Å². The fourth-order valence-corrected chi connectivity index (χ4v) is 1.04. The van der Waals surface area contributed by atoms with Gasteiger partial charge in [0.05, 0.1) is 19.8 Å². The van der Waals surface area contributed by atoms with Crippen molar-refractivity contribution in [1.82, 2.24) is 4.98 Å². The Morgan fingerprint density at radius 1 is 1.12 bits per heavy atom. The smallest absolute Gasteiger partial charge is 0.216 e. The molecule has 16 heavy (non-hydrogen) atoms. The van der Waals surface area contributed by atoms with Gasteiger partial charge in [0.2, 0.25) is 11.8 Å². The molecule has 1 rings (SSSR count). The zero-order valence-electron chi connectivity index (χ0n) is 9.32. The predicted octanol–water partition coefficient (Wildman–Crippen LogP) is 1.65. The van der Waals surface area contributed by atoms with Crippen molar-refractivity contribution in [3.05, 3.63) is 24.1 Å². The maximum Gasteiger partial charge on any atom is 0.216 e. The predicted molar refractivity (Wildman–Crippen MR) is 57.0 cm³/mol. The highest BCUT2D eigenvalue weighted by Gasteiger charge is 1.97. The second kappa shape index (κ2) is 8.01. The van der Waals surface area contributed by atoms with Crippen molar-refractivity contribution in [1.29, 1.82) is 0 Å². The summed E-state index contributed by atoms with van der Waals surface area (Å²) in [4.78, 5) is 3.55. The summed E-state index contributed by atoms with van der Waals surface area (Å²) in [6, 6.07) is 4.42. The van der Waals surface area contributed by atoms with Crippen LogP contribution in [0.25, 0.3) is 0 Å². The normalized spacial score (nSPS) is 10.4. The van der Waals surface area contributed by atoms with Gasteiger partial charge in [-0.3, -0.25) is 0 Å². The number of nitrogens with zero attached hydrogens (tertiary/aromatic N) is 1. The molecule has 0 atom stereocenters. The highest BCUT2D eigenvalue weighted by atomic mass is 19.1. The first-order valence-electron chi connectivity index (χ1n) is 5.23. The molecule has 0 fully saturated rings. The van der Waals surface area contributed by atoms with Crippen molar-refractivity contribution >= 4 is 0 Å². The molecule has 0 aliphatic rings. The third-order valence-corrected chi connectivity index (χ3v) is 1.74. The number of ether oxygens (including phenoxy) is 3. The lowest BCUT2D eigenvalue weighted by molar-refractivity contribution is 0.0398. The quantitative estimate of drug-likeness (QED) is 0.502. The van der Waals surface area contributed by atoms with Crippen LogP contribution in [0.15, 0.2) is 18.2 Å². The van der Waals surface area contributed by atoms with Gasteiger partial charge in [-0.2, -0.15) is 9.37 Å². The highest BCUT2D eigenvalue weighted by molar-refractivity contribution is 5.10. The molecule has 0 aliphatic carbocycles. The second-order valence-corrected chi connectivity index (χ2v) is 2.96. The summed E-state index contributed by atoms with van der Waals surface area (Å²) >= 11 is 0. The average Bonchev–Trinajstić information content (AvgIpc) is 2.28.